The van der Waals surface area contributed by atoms with Crippen LogP contribution in [0.3, 0.4) is 0 Å². The summed E-state index contributed by atoms with van der Waals surface area (Å²) in [4.78, 5) is 53.3. The molecular formula is C22H22N6O5. The zero-order chi connectivity index (χ0) is 23.6. The van der Waals surface area contributed by atoms with E-state index in [1.54, 1.807) is 6.92 Å². The molecule has 0 saturated carbocycles. The van der Waals surface area contributed by atoms with Crippen molar-refractivity contribution in [3.05, 3.63) is 54.0 Å². The van der Waals surface area contributed by atoms with E-state index in [0.29, 0.717) is 11.2 Å². The first-order valence-electron chi connectivity index (χ1n) is 10.0. The number of H-pyrrole nitrogens is 1. The van der Waals surface area contributed by atoms with Gasteiger partial charge in [0.2, 0.25) is 5.91 Å². The molecule has 33 heavy (non-hydrogen) atoms. The SMILES string of the molecule is C#CCN(CC(=O)OCC)C(=O)Cn1cnc2nc[nH]c2/c1=N\C(=O)OCc1ccccc1. The highest BCUT2D eigenvalue weighted by atomic mass is 16.5. The standard InChI is InChI=1S/C22H22N6O5/c1-3-10-27(12-18(30)32-4-2)17(29)11-28-15-25-20-19(23-14-24-20)21(28)26-22(31)33-13-16-8-6-5-7-9-16/h1,5-9,14-15H,4,10-13H2,2H3,(H,23,24)/b26-21+. The molecule has 0 bridgehead atoms. The van der Waals surface area contributed by atoms with Gasteiger partial charge in [0.25, 0.3) is 0 Å². The van der Waals surface area contributed by atoms with E-state index in [1.807, 2.05) is 30.3 Å². The van der Waals surface area contributed by atoms with E-state index in [1.165, 1.54) is 22.1 Å². The molecule has 1 aromatic carbocycles. The lowest BCUT2D eigenvalue weighted by Crippen LogP contribution is -2.40. The van der Waals surface area contributed by atoms with Crippen LogP contribution in [0.4, 0.5) is 4.79 Å². The number of imidazole rings is 1. The highest BCUT2D eigenvalue weighted by Crippen LogP contribution is 2.03. The lowest BCUT2D eigenvalue weighted by Gasteiger charge is -2.19. The van der Waals surface area contributed by atoms with Crippen LogP contribution in [0.25, 0.3) is 11.2 Å². The number of ether oxygens (including phenoxy) is 2. The van der Waals surface area contributed by atoms with Crippen molar-refractivity contribution in [2.45, 2.75) is 20.1 Å². The lowest BCUT2D eigenvalue weighted by molar-refractivity contribution is -0.148. The molecule has 0 saturated heterocycles. The van der Waals surface area contributed by atoms with Crippen molar-refractivity contribution in [1.82, 2.24) is 24.4 Å². The van der Waals surface area contributed by atoms with Crippen molar-refractivity contribution >= 4 is 29.1 Å². The van der Waals surface area contributed by atoms with E-state index in [2.05, 4.69) is 25.9 Å². The summed E-state index contributed by atoms with van der Waals surface area (Å²) in [6.45, 7) is 1.20. The number of esters is 1. The molecule has 0 radical (unpaired) electrons. The summed E-state index contributed by atoms with van der Waals surface area (Å²) in [7, 11) is 0. The van der Waals surface area contributed by atoms with Crippen LogP contribution in [-0.4, -0.2) is 62.1 Å². The number of terminal acetylenes is 1. The summed E-state index contributed by atoms with van der Waals surface area (Å²) >= 11 is 0. The Balaban J connectivity index is 1.85. The van der Waals surface area contributed by atoms with Gasteiger partial charge >= 0.3 is 12.1 Å². The summed E-state index contributed by atoms with van der Waals surface area (Å²) in [6.07, 6.45) is 7.20. The molecule has 3 aromatic rings. The second kappa shape index (κ2) is 11.2. The Labute approximate surface area is 189 Å². The summed E-state index contributed by atoms with van der Waals surface area (Å²) in [5.41, 5.74) is 1.55. The quantitative estimate of drug-likeness (QED) is 0.400. The number of hydrogen-bond donors (Lipinski definition) is 1. The number of fused-ring (bicyclic) bond motifs is 1. The van der Waals surface area contributed by atoms with Gasteiger partial charge in [-0.15, -0.1) is 6.42 Å². The maximum Gasteiger partial charge on any atom is 0.435 e. The Morgan fingerprint density at radius 1 is 1.21 bits per heavy atom. The van der Waals surface area contributed by atoms with E-state index in [-0.39, 0.29) is 38.3 Å². The monoisotopic (exact) mass is 450 g/mol. The van der Waals surface area contributed by atoms with Crippen LogP contribution in [0, 0.1) is 12.3 Å². The second-order valence-corrected chi connectivity index (χ2v) is 6.71. The third kappa shape index (κ3) is 6.27. The van der Waals surface area contributed by atoms with Crippen LogP contribution < -0.4 is 5.49 Å². The molecule has 1 N–H and O–H groups in total. The highest BCUT2D eigenvalue weighted by molar-refractivity contribution is 5.82. The second-order valence-electron chi connectivity index (χ2n) is 6.71. The van der Waals surface area contributed by atoms with Gasteiger partial charge in [0.1, 0.15) is 25.2 Å². The van der Waals surface area contributed by atoms with E-state index in [4.69, 9.17) is 15.9 Å². The minimum Gasteiger partial charge on any atom is -0.465 e. The molecule has 3 rings (SSSR count). The minimum atomic E-state index is -0.853. The number of benzene rings is 1. The number of nitrogens with zero attached hydrogens (tertiary/aromatic N) is 5. The molecule has 11 nitrogen and oxygen atoms in total. The molecule has 2 aromatic heterocycles. The number of rotatable bonds is 8. The summed E-state index contributed by atoms with van der Waals surface area (Å²) in [6, 6.07) is 9.14. The number of aromatic amines is 1. The zero-order valence-electron chi connectivity index (χ0n) is 17.9. The van der Waals surface area contributed by atoms with E-state index in [0.717, 1.165) is 5.56 Å². The van der Waals surface area contributed by atoms with Crippen molar-refractivity contribution in [1.29, 1.82) is 0 Å². The van der Waals surface area contributed by atoms with Crippen molar-refractivity contribution in [2.24, 2.45) is 4.99 Å². The fourth-order valence-electron chi connectivity index (χ4n) is 2.90. The molecule has 0 spiro atoms. The van der Waals surface area contributed by atoms with Gasteiger partial charge in [-0.25, -0.2) is 14.8 Å². The zero-order valence-corrected chi connectivity index (χ0v) is 17.9. The van der Waals surface area contributed by atoms with E-state index in [9.17, 15) is 14.4 Å². The summed E-state index contributed by atoms with van der Waals surface area (Å²) < 4.78 is 11.5. The number of aromatic nitrogens is 4. The van der Waals surface area contributed by atoms with Crippen LogP contribution in [0.1, 0.15) is 12.5 Å². The number of carbonyl (C=O) groups excluding carboxylic acids is 3. The smallest absolute Gasteiger partial charge is 0.435 e. The molecule has 170 valence electrons. The Bertz CT molecular complexity index is 1240. The number of amides is 2. The van der Waals surface area contributed by atoms with Gasteiger partial charge in [-0.1, -0.05) is 36.3 Å². The number of hydrogen-bond acceptors (Lipinski definition) is 7. The Kier molecular flexibility index (Phi) is 7.91. The number of carbonyl (C=O) groups is 3. The predicted molar refractivity (Wildman–Crippen MR) is 116 cm³/mol. The maximum absolute atomic E-state index is 12.9. The van der Waals surface area contributed by atoms with Gasteiger partial charge in [-0.05, 0) is 12.5 Å². The Morgan fingerprint density at radius 2 is 2.00 bits per heavy atom. The average molecular weight is 450 g/mol. The van der Waals surface area contributed by atoms with Crippen molar-refractivity contribution < 1.29 is 23.9 Å². The fraction of sp³-hybridized carbons (Fsp3) is 0.273. The van der Waals surface area contributed by atoms with Gasteiger partial charge in [-0.3, -0.25) is 9.59 Å². The third-order valence-electron chi connectivity index (χ3n) is 4.40. The Morgan fingerprint density at radius 3 is 2.73 bits per heavy atom. The first-order chi connectivity index (χ1) is 16.0. The van der Waals surface area contributed by atoms with Gasteiger partial charge in [0.05, 0.1) is 25.8 Å². The highest BCUT2D eigenvalue weighted by Gasteiger charge is 2.19. The molecule has 2 heterocycles. The molecule has 0 aliphatic rings. The van der Waals surface area contributed by atoms with Crippen LogP contribution >= 0.6 is 0 Å². The van der Waals surface area contributed by atoms with Gasteiger partial charge < -0.3 is 23.9 Å². The van der Waals surface area contributed by atoms with Gasteiger partial charge in [0, 0.05) is 0 Å². The van der Waals surface area contributed by atoms with Crippen LogP contribution in [0.15, 0.2) is 48.0 Å². The third-order valence-corrected chi connectivity index (χ3v) is 4.40. The van der Waals surface area contributed by atoms with Crippen LogP contribution in [-0.2, 0) is 32.2 Å². The summed E-state index contributed by atoms with van der Waals surface area (Å²) in [5, 5.41) is 0. The molecule has 2 amide bonds. The van der Waals surface area contributed by atoms with Crippen molar-refractivity contribution in [2.75, 3.05) is 19.7 Å². The fourth-order valence-corrected chi connectivity index (χ4v) is 2.90. The van der Waals surface area contributed by atoms with Crippen LogP contribution in [0.5, 0.6) is 0 Å². The largest absolute Gasteiger partial charge is 0.465 e. The average Bonchev–Trinajstić information content (AvgIpc) is 3.29. The Hall–Kier alpha value is -4.46. The van der Waals surface area contributed by atoms with E-state index >= 15 is 0 Å². The molecule has 0 fully saturated rings. The van der Waals surface area contributed by atoms with Crippen LogP contribution in [0.2, 0.25) is 0 Å². The van der Waals surface area contributed by atoms with Crippen molar-refractivity contribution in [3.8, 4) is 12.3 Å². The van der Waals surface area contributed by atoms with E-state index < -0.39 is 18.0 Å². The molecular weight excluding hydrogens is 428 g/mol. The minimum absolute atomic E-state index is 0.0365. The molecule has 0 atom stereocenters. The van der Waals surface area contributed by atoms with Crippen molar-refractivity contribution in [3.63, 3.8) is 0 Å². The summed E-state index contributed by atoms with van der Waals surface area (Å²) in [5.74, 6) is 1.28. The maximum atomic E-state index is 12.9. The first-order valence-corrected chi connectivity index (χ1v) is 10.0. The molecule has 0 aliphatic heterocycles. The topological polar surface area (TPSA) is 132 Å². The van der Waals surface area contributed by atoms with Gasteiger partial charge in [-0.2, -0.15) is 4.99 Å². The molecule has 0 aliphatic carbocycles. The lowest BCUT2D eigenvalue weighted by atomic mass is 10.2. The first kappa shape index (κ1) is 23.2. The molecule has 0 unspecified atom stereocenters. The number of nitrogens with one attached hydrogen (secondary N) is 1. The normalized spacial score (nSPS) is 11.1. The molecule has 11 heteroatoms. The van der Waals surface area contributed by atoms with Gasteiger partial charge in [0.15, 0.2) is 11.1 Å². The predicted octanol–water partition coefficient (Wildman–Crippen LogP) is 1.02.